The van der Waals surface area contributed by atoms with E-state index in [1.54, 1.807) is 12.1 Å². The van der Waals surface area contributed by atoms with E-state index in [0.717, 1.165) is 0 Å². The molecule has 5 nitrogen and oxygen atoms in total. The molecular weight excluding hydrogens is 237 g/mol. The summed E-state index contributed by atoms with van der Waals surface area (Å²) in [5, 5.41) is 7.77. The van der Waals surface area contributed by atoms with E-state index >= 15 is 0 Å². The molecule has 1 aromatic rings. The second-order valence-corrected chi connectivity index (χ2v) is 4.12. The molecule has 0 aliphatic carbocycles. The minimum atomic E-state index is -0.482. The molecule has 0 aromatic heterocycles. The summed E-state index contributed by atoms with van der Waals surface area (Å²) in [6.07, 6.45) is 0.987. The van der Waals surface area contributed by atoms with Crippen molar-refractivity contribution in [2.75, 3.05) is 11.9 Å². The fourth-order valence-corrected chi connectivity index (χ4v) is 1.76. The number of amides is 3. The molecule has 0 unspecified atom stereocenters. The Bertz CT molecular complexity index is 454. The fourth-order valence-electron chi connectivity index (χ4n) is 1.76. The van der Waals surface area contributed by atoms with Gasteiger partial charge < -0.3 is 16.0 Å². The first kappa shape index (κ1) is 12.3. The molecule has 1 atom stereocenters. The molecule has 1 aliphatic rings. The minimum absolute atomic E-state index is 0.0115. The standard InChI is InChI=1S/C12H14FN3O2/c13-9-3-1-2-4-10(9)16-12(18)15-8-5-6-11(17)14-7-8/h1-4,8H,5-7H2,(H,14,17)(H2,15,16,18)/t8-/m1/s1. The molecule has 1 aromatic carbocycles. The van der Waals surface area contributed by atoms with Gasteiger partial charge in [-0.2, -0.15) is 0 Å². The van der Waals surface area contributed by atoms with Crippen molar-refractivity contribution in [3.8, 4) is 0 Å². The van der Waals surface area contributed by atoms with Gasteiger partial charge in [0, 0.05) is 19.0 Å². The van der Waals surface area contributed by atoms with Crippen LogP contribution in [0.3, 0.4) is 0 Å². The predicted molar refractivity (Wildman–Crippen MR) is 64.6 cm³/mol. The van der Waals surface area contributed by atoms with Crippen LogP contribution in [-0.4, -0.2) is 24.5 Å². The van der Waals surface area contributed by atoms with Crippen LogP contribution in [0.2, 0.25) is 0 Å². The van der Waals surface area contributed by atoms with Gasteiger partial charge in [0.2, 0.25) is 5.91 Å². The van der Waals surface area contributed by atoms with Gasteiger partial charge in [-0.1, -0.05) is 12.1 Å². The average molecular weight is 251 g/mol. The average Bonchev–Trinajstić information content (AvgIpc) is 2.35. The van der Waals surface area contributed by atoms with Gasteiger partial charge in [-0.3, -0.25) is 4.79 Å². The Morgan fingerprint density at radius 1 is 1.39 bits per heavy atom. The molecule has 0 spiro atoms. The van der Waals surface area contributed by atoms with Crippen molar-refractivity contribution in [1.82, 2.24) is 10.6 Å². The van der Waals surface area contributed by atoms with Crippen molar-refractivity contribution < 1.29 is 14.0 Å². The molecule has 1 aliphatic heterocycles. The molecule has 3 N–H and O–H groups in total. The van der Waals surface area contributed by atoms with Crippen LogP contribution < -0.4 is 16.0 Å². The van der Waals surface area contributed by atoms with Crippen LogP contribution in [0.5, 0.6) is 0 Å². The maximum Gasteiger partial charge on any atom is 0.319 e. The molecule has 18 heavy (non-hydrogen) atoms. The summed E-state index contributed by atoms with van der Waals surface area (Å²) < 4.78 is 13.3. The number of hydrogen-bond acceptors (Lipinski definition) is 2. The molecule has 2 rings (SSSR count). The molecule has 3 amide bonds. The third-order valence-electron chi connectivity index (χ3n) is 2.72. The number of nitrogens with one attached hydrogen (secondary N) is 3. The smallest absolute Gasteiger partial charge is 0.319 e. The summed E-state index contributed by atoms with van der Waals surface area (Å²) in [5.41, 5.74) is 0.134. The highest BCUT2D eigenvalue weighted by Crippen LogP contribution is 2.12. The first-order chi connectivity index (χ1) is 8.65. The number of carbonyl (C=O) groups excluding carboxylic acids is 2. The minimum Gasteiger partial charge on any atom is -0.354 e. The van der Waals surface area contributed by atoms with Crippen molar-refractivity contribution in [2.24, 2.45) is 0 Å². The quantitative estimate of drug-likeness (QED) is 0.739. The summed E-state index contributed by atoms with van der Waals surface area (Å²) >= 11 is 0. The number of hydrogen-bond donors (Lipinski definition) is 3. The van der Waals surface area contributed by atoms with E-state index in [1.807, 2.05) is 0 Å². The van der Waals surface area contributed by atoms with Crippen molar-refractivity contribution in [1.29, 1.82) is 0 Å². The zero-order valence-electron chi connectivity index (χ0n) is 9.70. The Morgan fingerprint density at radius 3 is 2.83 bits per heavy atom. The maximum absolute atomic E-state index is 13.3. The molecular formula is C12H14FN3O2. The third-order valence-corrected chi connectivity index (χ3v) is 2.72. The molecule has 0 saturated carbocycles. The summed E-state index contributed by atoms with van der Waals surface area (Å²) in [6, 6.07) is 5.36. The Morgan fingerprint density at radius 2 is 2.17 bits per heavy atom. The van der Waals surface area contributed by atoms with Crippen LogP contribution in [0.4, 0.5) is 14.9 Å². The summed E-state index contributed by atoms with van der Waals surface area (Å²) in [7, 11) is 0. The molecule has 1 fully saturated rings. The molecule has 96 valence electrons. The van der Waals surface area contributed by atoms with Gasteiger partial charge in [-0.25, -0.2) is 9.18 Å². The zero-order chi connectivity index (χ0) is 13.0. The summed E-state index contributed by atoms with van der Waals surface area (Å²) in [5.74, 6) is -0.493. The first-order valence-electron chi connectivity index (χ1n) is 5.74. The second kappa shape index (κ2) is 5.48. The predicted octanol–water partition coefficient (Wildman–Crippen LogP) is 1.23. The number of piperidine rings is 1. The highest BCUT2D eigenvalue weighted by atomic mass is 19.1. The molecule has 0 bridgehead atoms. The lowest BCUT2D eigenvalue weighted by atomic mass is 10.1. The van der Waals surface area contributed by atoms with Crippen LogP contribution in [-0.2, 0) is 4.79 Å². The monoisotopic (exact) mass is 251 g/mol. The van der Waals surface area contributed by atoms with Gasteiger partial charge in [0.1, 0.15) is 5.82 Å². The van der Waals surface area contributed by atoms with E-state index in [1.165, 1.54) is 12.1 Å². The Balaban J connectivity index is 1.86. The Kier molecular flexibility index (Phi) is 3.76. The molecule has 1 saturated heterocycles. The van der Waals surface area contributed by atoms with Gasteiger partial charge in [-0.15, -0.1) is 0 Å². The number of rotatable bonds is 2. The van der Waals surface area contributed by atoms with E-state index in [2.05, 4.69) is 16.0 Å². The fraction of sp³-hybridized carbons (Fsp3) is 0.333. The first-order valence-corrected chi connectivity index (χ1v) is 5.74. The Hall–Kier alpha value is -2.11. The second-order valence-electron chi connectivity index (χ2n) is 4.12. The number of carbonyl (C=O) groups is 2. The lowest BCUT2D eigenvalue weighted by molar-refractivity contribution is -0.122. The van der Waals surface area contributed by atoms with Crippen molar-refractivity contribution in [3.05, 3.63) is 30.1 Å². The molecule has 1 heterocycles. The van der Waals surface area contributed by atoms with Crippen LogP contribution in [0.1, 0.15) is 12.8 Å². The highest BCUT2D eigenvalue weighted by Gasteiger charge is 2.19. The zero-order valence-corrected chi connectivity index (χ0v) is 9.70. The number of halogens is 1. The third kappa shape index (κ3) is 3.19. The summed E-state index contributed by atoms with van der Waals surface area (Å²) in [6.45, 7) is 0.406. The van der Waals surface area contributed by atoms with Crippen molar-refractivity contribution >= 4 is 17.6 Å². The van der Waals surface area contributed by atoms with E-state index < -0.39 is 11.8 Å². The van der Waals surface area contributed by atoms with Gasteiger partial charge in [-0.05, 0) is 18.6 Å². The normalized spacial score (nSPS) is 18.9. The number of benzene rings is 1. The van der Waals surface area contributed by atoms with E-state index in [-0.39, 0.29) is 17.6 Å². The highest BCUT2D eigenvalue weighted by molar-refractivity contribution is 5.89. The van der Waals surface area contributed by atoms with Gasteiger partial charge in [0.25, 0.3) is 0 Å². The van der Waals surface area contributed by atoms with Gasteiger partial charge in [0.15, 0.2) is 0 Å². The van der Waals surface area contributed by atoms with Gasteiger partial charge in [0.05, 0.1) is 5.69 Å². The van der Waals surface area contributed by atoms with Crippen LogP contribution in [0.15, 0.2) is 24.3 Å². The largest absolute Gasteiger partial charge is 0.354 e. The topological polar surface area (TPSA) is 70.2 Å². The van der Waals surface area contributed by atoms with Crippen LogP contribution in [0.25, 0.3) is 0 Å². The van der Waals surface area contributed by atoms with Gasteiger partial charge >= 0.3 is 6.03 Å². The van der Waals surface area contributed by atoms with E-state index in [9.17, 15) is 14.0 Å². The number of para-hydroxylation sites is 1. The number of anilines is 1. The summed E-state index contributed by atoms with van der Waals surface area (Å²) in [4.78, 5) is 22.6. The number of urea groups is 1. The van der Waals surface area contributed by atoms with Crippen molar-refractivity contribution in [2.45, 2.75) is 18.9 Å². The van der Waals surface area contributed by atoms with E-state index in [4.69, 9.17) is 0 Å². The SMILES string of the molecule is O=C1CC[C@@H](NC(=O)Nc2ccccc2F)CN1. The Labute approximate surface area is 104 Å². The van der Waals surface area contributed by atoms with Crippen molar-refractivity contribution in [3.63, 3.8) is 0 Å². The lowest BCUT2D eigenvalue weighted by Gasteiger charge is -2.23. The lowest BCUT2D eigenvalue weighted by Crippen LogP contribution is -2.48. The van der Waals surface area contributed by atoms with E-state index in [0.29, 0.717) is 19.4 Å². The molecule has 6 heteroatoms. The molecule has 0 radical (unpaired) electrons. The maximum atomic E-state index is 13.3. The van der Waals surface area contributed by atoms with Crippen LogP contribution in [0, 0.1) is 5.82 Å². The van der Waals surface area contributed by atoms with Crippen LogP contribution >= 0.6 is 0 Å².